The number of hydrogen-bond donors (Lipinski definition) is 0. The van der Waals surface area contributed by atoms with Crippen LogP contribution in [0.25, 0.3) is 22.3 Å². The quantitative estimate of drug-likeness (QED) is 0.524. The van der Waals surface area contributed by atoms with Gasteiger partial charge in [-0.05, 0) is 50.1 Å². The second kappa shape index (κ2) is 5.39. The fourth-order valence-corrected chi connectivity index (χ4v) is 3.22. The highest BCUT2D eigenvalue weighted by Crippen LogP contribution is 2.30. The largest absolute Gasteiger partial charge is 0.228 e. The van der Waals surface area contributed by atoms with Crippen LogP contribution in [-0.2, 0) is 0 Å². The molecule has 4 heteroatoms. The maximum atomic E-state index is 6.38. The fourth-order valence-electron chi connectivity index (χ4n) is 2.42. The summed E-state index contributed by atoms with van der Waals surface area (Å²) < 4.78 is 0.984. The van der Waals surface area contributed by atoms with Crippen molar-refractivity contribution < 1.29 is 0 Å². The summed E-state index contributed by atoms with van der Waals surface area (Å²) in [5, 5.41) is 1.36. The maximum absolute atomic E-state index is 6.38. The SMILES string of the molecule is Cc1ccc(C)c(-c2nc(Cl)c3cc(Br)cc(C)c3n2)c1. The summed E-state index contributed by atoms with van der Waals surface area (Å²) >= 11 is 9.86. The summed E-state index contributed by atoms with van der Waals surface area (Å²) in [4.78, 5) is 9.22. The number of nitrogens with zero attached hydrogens (tertiary/aromatic N) is 2. The summed E-state index contributed by atoms with van der Waals surface area (Å²) in [5.41, 5.74) is 5.33. The molecule has 0 fully saturated rings. The Morgan fingerprint density at radius 1 is 0.952 bits per heavy atom. The predicted octanol–water partition coefficient (Wildman–Crippen LogP) is 5.64. The van der Waals surface area contributed by atoms with Crippen molar-refractivity contribution in [2.24, 2.45) is 0 Å². The van der Waals surface area contributed by atoms with E-state index in [1.165, 1.54) is 5.56 Å². The number of halogens is 2. The average Bonchev–Trinajstić information content (AvgIpc) is 2.42. The molecule has 0 spiro atoms. The monoisotopic (exact) mass is 360 g/mol. The third-order valence-corrected chi connectivity index (χ3v) is 4.29. The Labute approximate surface area is 137 Å². The first-order valence-corrected chi connectivity index (χ1v) is 7.84. The number of benzene rings is 2. The van der Waals surface area contributed by atoms with Crippen LogP contribution in [0.3, 0.4) is 0 Å². The van der Waals surface area contributed by atoms with Crippen LogP contribution >= 0.6 is 27.5 Å². The van der Waals surface area contributed by atoms with E-state index in [4.69, 9.17) is 16.6 Å². The molecular formula is C17H14BrClN2. The summed E-state index contributed by atoms with van der Waals surface area (Å²) in [7, 11) is 0. The minimum absolute atomic E-state index is 0.486. The van der Waals surface area contributed by atoms with Crippen molar-refractivity contribution in [3.63, 3.8) is 0 Å². The zero-order valence-corrected chi connectivity index (χ0v) is 14.4. The lowest BCUT2D eigenvalue weighted by molar-refractivity contribution is 1.20. The molecule has 3 aromatic rings. The van der Waals surface area contributed by atoms with E-state index in [0.717, 1.165) is 32.1 Å². The molecule has 0 radical (unpaired) electrons. The molecule has 0 saturated heterocycles. The van der Waals surface area contributed by atoms with Gasteiger partial charge in [0, 0.05) is 15.4 Å². The molecule has 0 amide bonds. The van der Waals surface area contributed by atoms with Gasteiger partial charge in [-0.3, -0.25) is 0 Å². The smallest absolute Gasteiger partial charge is 0.161 e. The molecule has 2 nitrogen and oxygen atoms in total. The highest BCUT2D eigenvalue weighted by atomic mass is 79.9. The number of aryl methyl sites for hydroxylation is 3. The van der Waals surface area contributed by atoms with Crippen LogP contribution in [0.1, 0.15) is 16.7 Å². The number of hydrogen-bond acceptors (Lipinski definition) is 2. The fraction of sp³-hybridized carbons (Fsp3) is 0.176. The Bertz CT molecular complexity index is 859. The Balaban J connectivity index is 2.33. The molecule has 0 aliphatic rings. The number of fused-ring (bicyclic) bond motifs is 1. The van der Waals surface area contributed by atoms with Crippen LogP contribution in [0.2, 0.25) is 5.15 Å². The minimum Gasteiger partial charge on any atom is -0.228 e. The second-order valence-corrected chi connectivity index (χ2v) is 6.55. The van der Waals surface area contributed by atoms with Gasteiger partial charge < -0.3 is 0 Å². The van der Waals surface area contributed by atoms with Gasteiger partial charge in [-0.2, -0.15) is 0 Å². The van der Waals surface area contributed by atoms with Gasteiger partial charge in [0.2, 0.25) is 0 Å². The molecule has 2 aromatic carbocycles. The molecule has 1 aromatic heterocycles. The zero-order valence-electron chi connectivity index (χ0n) is 12.0. The molecule has 1 heterocycles. The van der Waals surface area contributed by atoms with Gasteiger partial charge in [-0.1, -0.05) is 45.2 Å². The topological polar surface area (TPSA) is 25.8 Å². The molecule has 0 aliphatic heterocycles. The third-order valence-electron chi connectivity index (χ3n) is 3.54. The van der Waals surface area contributed by atoms with Crippen LogP contribution in [0.4, 0.5) is 0 Å². The minimum atomic E-state index is 0.486. The normalized spacial score (nSPS) is 11.1. The van der Waals surface area contributed by atoms with E-state index in [1.807, 2.05) is 19.1 Å². The van der Waals surface area contributed by atoms with Crippen molar-refractivity contribution in [3.05, 3.63) is 56.6 Å². The van der Waals surface area contributed by atoms with Crippen molar-refractivity contribution in [2.45, 2.75) is 20.8 Å². The summed E-state index contributed by atoms with van der Waals surface area (Å²) in [6, 6.07) is 10.3. The molecule has 0 atom stereocenters. The van der Waals surface area contributed by atoms with Crippen molar-refractivity contribution in [1.29, 1.82) is 0 Å². The molecule has 106 valence electrons. The Hall–Kier alpha value is -1.45. The van der Waals surface area contributed by atoms with Crippen molar-refractivity contribution in [3.8, 4) is 11.4 Å². The van der Waals surface area contributed by atoms with Crippen molar-refractivity contribution >= 4 is 38.4 Å². The standard InChI is InChI=1S/C17H14BrClN2/c1-9-4-5-10(2)13(6-9)17-20-15-11(3)7-12(18)8-14(15)16(19)21-17/h4-8H,1-3H3. The summed E-state index contributed by atoms with van der Waals surface area (Å²) in [6.45, 7) is 6.15. The maximum Gasteiger partial charge on any atom is 0.161 e. The Morgan fingerprint density at radius 3 is 2.48 bits per heavy atom. The van der Waals surface area contributed by atoms with Crippen LogP contribution in [0, 0.1) is 20.8 Å². The second-order valence-electron chi connectivity index (χ2n) is 5.28. The van der Waals surface area contributed by atoms with E-state index in [2.05, 4.69) is 53.0 Å². The van der Waals surface area contributed by atoms with E-state index >= 15 is 0 Å². The Kier molecular flexibility index (Phi) is 3.72. The van der Waals surface area contributed by atoms with Gasteiger partial charge in [0.15, 0.2) is 5.82 Å². The molecule has 21 heavy (non-hydrogen) atoms. The van der Waals surface area contributed by atoms with Crippen LogP contribution < -0.4 is 0 Å². The highest BCUT2D eigenvalue weighted by Gasteiger charge is 2.12. The lowest BCUT2D eigenvalue weighted by Gasteiger charge is -2.10. The van der Waals surface area contributed by atoms with Crippen LogP contribution in [0.15, 0.2) is 34.8 Å². The Morgan fingerprint density at radius 2 is 1.71 bits per heavy atom. The van der Waals surface area contributed by atoms with Crippen LogP contribution in [0.5, 0.6) is 0 Å². The van der Waals surface area contributed by atoms with Crippen molar-refractivity contribution in [1.82, 2.24) is 9.97 Å². The molecule has 0 aliphatic carbocycles. The highest BCUT2D eigenvalue weighted by molar-refractivity contribution is 9.10. The van der Waals surface area contributed by atoms with E-state index in [1.54, 1.807) is 0 Å². The molecule has 3 rings (SSSR count). The molecular weight excluding hydrogens is 348 g/mol. The lowest BCUT2D eigenvalue weighted by atomic mass is 10.0. The van der Waals surface area contributed by atoms with E-state index < -0.39 is 0 Å². The molecule has 0 N–H and O–H groups in total. The van der Waals surface area contributed by atoms with Gasteiger partial charge in [-0.25, -0.2) is 9.97 Å². The van der Waals surface area contributed by atoms with E-state index in [-0.39, 0.29) is 0 Å². The predicted molar refractivity (Wildman–Crippen MR) is 91.9 cm³/mol. The van der Waals surface area contributed by atoms with Gasteiger partial charge in [0.25, 0.3) is 0 Å². The molecule has 0 bridgehead atoms. The molecule has 0 saturated carbocycles. The van der Waals surface area contributed by atoms with Gasteiger partial charge in [0.05, 0.1) is 5.52 Å². The summed E-state index contributed by atoms with van der Waals surface area (Å²) in [6.07, 6.45) is 0. The van der Waals surface area contributed by atoms with Gasteiger partial charge >= 0.3 is 0 Å². The zero-order chi connectivity index (χ0) is 15.1. The van der Waals surface area contributed by atoms with E-state index in [0.29, 0.717) is 11.0 Å². The van der Waals surface area contributed by atoms with E-state index in [9.17, 15) is 0 Å². The van der Waals surface area contributed by atoms with Crippen LogP contribution in [-0.4, -0.2) is 9.97 Å². The first-order chi connectivity index (χ1) is 9.95. The number of aromatic nitrogens is 2. The molecule has 0 unspecified atom stereocenters. The third kappa shape index (κ3) is 2.68. The number of rotatable bonds is 1. The first kappa shape index (κ1) is 14.5. The van der Waals surface area contributed by atoms with Gasteiger partial charge in [0.1, 0.15) is 5.15 Å². The lowest BCUT2D eigenvalue weighted by Crippen LogP contribution is -1.96. The van der Waals surface area contributed by atoms with Gasteiger partial charge in [-0.15, -0.1) is 0 Å². The first-order valence-electron chi connectivity index (χ1n) is 6.67. The van der Waals surface area contributed by atoms with Crippen molar-refractivity contribution in [2.75, 3.05) is 0 Å². The average molecular weight is 362 g/mol. The summed E-state index contributed by atoms with van der Waals surface area (Å²) in [5.74, 6) is 0.680.